The highest BCUT2D eigenvalue weighted by atomic mass is 79.9. The van der Waals surface area contributed by atoms with E-state index in [2.05, 4.69) is 45.3 Å². The molecule has 1 unspecified atom stereocenters. The number of hydrogen-bond donors (Lipinski definition) is 2. The lowest BCUT2D eigenvalue weighted by atomic mass is 10.1. The van der Waals surface area contributed by atoms with Crippen LogP contribution in [0.15, 0.2) is 22.7 Å². The van der Waals surface area contributed by atoms with E-state index in [1.807, 2.05) is 0 Å². The third-order valence-electron chi connectivity index (χ3n) is 2.89. The Balaban J connectivity index is 2.16. The summed E-state index contributed by atoms with van der Waals surface area (Å²) in [7, 11) is 0. The molecule has 2 rings (SSSR count). The van der Waals surface area contributed by atoms with E-state index in [1.54, 1.807) is 12.1 Å². The van der Waals surface area contributed by atoms with Crippen LogP contribution in [0.4, 0.5) is 9.52 Å². The van der Waals surface area contributed by atoms with Gasteiger partial charge in [-0.15, -0.1) is 10.2 Å². The van der Waals surface area contributed by atoms with Crippen molar-refractivity contribution in [3.8, 4) is 10.6 Å². The normalized spacial score (nSPS) is 12.7. The van der Waals surface area contributed by atoms with Gasteiger partial charge in [0.05, 0.1) is 12.6 Å². The SMILES string of the molecule is CC(C)CC(CO)Nc1nnc(-c2cc(Br)ccc2F)s1. The summed E-state index contributed by atoms with van der Waals surface area (Å²) in [6, 6.07) is 4.64. The quantitative estimate of drug-likeness (QED) is 0.805. The summed E-state index contributed by atoms with van der Waals surface area (Å²) in [5.74, 6) is 0.131. The van der Waals surface area contributed by atoms with Crippen molar-refractivity contribution in [2.75, 3.05) is 11.9 Å². The largest absolute Gasteiger partial charge is 0.394 e. The Morgan fingerprint density at radius 2 is 2.14 bits per heavy atom. The molecular weight excluding hydrogens is 357 g/mol. The standard InChI is InChI=1S/C14H17BrFN3OS/c1-8(2)5-10(7-20)17-14-19-18-13(21-14)11-6-9(15)3-4-12(11)16/h3-4,6,8,10,20H,5,7H2,1-2H3,(H,17,19). The molecule has 2 aromatic rings. The highest BCUT2D eigenvalue weighted by molar-refractivity contribution is 9.10. The number of aromatic nitrogens is 2. The molecule has 0 radical (unpaired) electrons. The van der Waals surface area contributed by atoms with Gasteiger partial charge in [0.1, 0.15) is 5.82 Å². The van der Waals surface area contributed by atoms with Crippen molar-refractivity contribution in [1.29, 1.82) is 0 Å². The van der Waals surface area contributed by atoms with Crippen molar-refractivity contribution in [2.45, 2.75) is 26.3 Å². The van der Waals surface area contributed by atoms with E-state index in [4.69, 9.17) is 0 Å². The zero-order valence-corrected chi connectivity index (χ0v) is 14.2. The van der Waals surface area contributed by atoms with E-state index < -0.39 is 0 Å². The molecule has 4 nitrogen and oxygen atoms in total. The second-order valence-electron chi connectivity index (χ2n) is 5.19. The van der Waals surface area contributed by atoms with Crippen molar-refractivity contribution in [1.82, 2.24) is 10.2 Å². The van der Waals surface area contributed by atoms with E-state index in [9.17, 15) is 9.50 Å². The van der Waals surface area contributed by atoms with Crippen LogP contribution in [0.5, 0.6) is 0 Å². The summed E-state index contributed by atoms with van der Waals surface area (Å²) in [5, 5.41) is 21.7. The van der Waals surface area contributed by atoms with Gasteiger partial charge < -0.3 is 10.4 Å². The number of aliphatic hydroxyl groups is 1. The molecule has 0 aliphatic heterocycles. The Kier molecular flexibility index (Phi) is 5.66. The average molecular weight is 374 g/mol. The number of nitrogens with one attached hydrogen (secondary N) is 1. The second-order valence-corrected chi connectivity index (χ2v) is 7.08. The summed E-state index contributed by atoms with van der Waals surface area (Å²) in [5.41, 5.74) is 0.416. The Labute approximate surface area is 135 Å². The van der Waals surface area contributed by atoms with E-state index in [0.29, 0.717) is 21.6 Å². The van der Waals surface area contributed by atoms with Crippen molar-refractivity contribution in [3.63, 3.8) is 0 Å². The molecule has 2 N–H and O–H groups in total. The van der Waals surface area contributed by atoms with Crippen molar-refractivity contribution >= 4 is 32.4 Å². The van der Waals surface area contributed by atoms with Crippen LogP contribution in [0.1, 0.15) is 20.3 Å². The zero-order chi connectivity index (χ0) is 15.4. The topological polar surface area (TPSA) is 58.0 Å². The Morgan fingerprint density at radius 1 is 1.38 bits per heavy atom. The molecule has 0 bridgehead atoms. The minimum atomic E-state index is -0.332. The van der Waals surface area contributed by atoms with E-state index in [0.717, 1.165) is 10.9 Å². The molecule has 0 amide bonds. The first-order valence-corrected chi connectivity index (χ1v) is 8.27. The first-order chi connectivity index (χ1) is 9.99. The zero-order valence-electron chi connectivity index (χ0n) is 11.8. The number of anilines is 1. The Hall–Kier alpha value is -1.05. The van der Waals surface area contributed by atoms with Crippen LogP contribution < -0.4 is 5.32 Å². The van der Waals surface area contributed by atoms with Crippen LogP contribution in [0.2, 0.25) is 0 Å². The molecule has 1 aromatic heterocycles. The highest BCUT2D eigenvalue weighted by Gasteiger charge is 2.15. The van der Waals surface area contributed by atoms with Gasteiger partial charge in [-0.1, -0.05) is 41.1 Å². The Morgan fingerprint density at radius 3 is 2.81 bits per heavy atom. The fourth-order valence-electron chi connectivity index (χ4n) is 1.97. The molecule has 0 aliphatic carbocycles. The van der Waals surface area contributed by atoms with E-state index >= 15 is 0 Å². The molecule has 0 spiro atoms. The van der Waals surface area contributed by atoms with Crippen molar-refractivity contribution in [2.24, 2.45) is 5.92 Å². The van der Waals surface area contributed by atoms with Gasteiger partial charge in [0.2, 0.25) is 5.13 Å². The lowest BCUT2D eigenvalue weighted by Gasteiger charge is -2.16. The van der Waals surface area contributed by atoms with Gasteiger partial charge in [0.25, 0.3) is 0 Å². The predicted octanol–water partition coefficient (Wildman–Crippen LogP) is 3.93. The van der Waals surface area contributed by atoms with Gasteiger partial charge in [-0.25, -0.2) is 4.39 Å². The number of aliphatic hydroxyl groups excluding tert-OH is 1. The van der Waals surface area contributed by atoms with Gasteiger partial charge in [-0.05, 0) is 30.5 Å². The number of halogens is 2. The first-order valence-electron chi connectivity index (χ1n) is 6.66. The summed E-state index contributed by atoms with van der Waals surface area (Å²) in [4.78, 5) is 0. The average Bonchev–Trinajstić information content (AvgIpc) is 2.88. The fraction of sp³-hybridized carbons (Fsp3) is 0.429. The van der Waals surface area contributed by atoms with E-state index in [-0.39, 0.29) is 18.5 Å². The summed E-state index contributed by atoms with van der Waals surface area (Å²) >= 11 is 4.59. The molecule has 1 heterocycles. The lowest BCUT2D eigenvalue weighted by molar-refractivity contribution is 0.259. The second kappa shape index (κ2) is 7.29. The molecule has 0 saturated heterocycles. The van der Waals surface area contributed by atoms with Gasteiger partial charge in [-0.2, -0.15) is 0 Å². The molecule has 21 heavy (non-hydrogen) atoms. The fourth-order valence-corrected chi connectivity index (χ4v) is 3.17. The molecule has 0 saturated carbocycles. The molecule has 1 aromatic carbocycles. The number of hydrogen-bond acceptors (Lipinski definition) is 5. The predicted molar refractivity (Wildman–Crippen MR) is 87.0 cm³/mol. The monoisotopic (exact) mass is 373 g/mol. The van der Waals surface area contributed by atoms with Crippen LogP contribution in [0.3, 0.4) is 0 Å². The molecule has 114 valence electrons. The Bertz CT molecular complexity index is 606. The lowest BCUT2D eigenvalue weighted by Crippen LogP contribution is -2.25. The van der Waals surface area contributed by atoms with Gasteiger partial charge in [0.15, 0.2) is 5.01 Å². The highest BCUT2D eigenvalue weighted by Crippen LogP contribution is 2.31. The number of nitrogens with zero attached hydrogens (tertiary/aromatic N) is 2. The third-order valence-corrected chi connectivity index (χ3v) is 4.27. The maximum atomic E-state index is 13.8. The molecule has 1 atom stereocenters. The van der Waals surface area contributed by atoms with Gasteiger partial charge >= 0.3 is 0 Å². The van der Waals surface area contributed by atoms with Gasteiger partial charge in [-0.3, -0.25) is 0 Å². The number of benzene rings is 1. The van der Waals surface area contributed by atoms with E-state index in [1.165, 1.54) is 17.4 Å². The van der Waals surface area contributed by atoms with Crippen LogP contribution in [0.25, 0.3) is 10.6 Å². The summed E-state index contributed by atoms with van der Waals surface area (Å²) in [6.07, 6.45) is 0.830. The van der Waals surface area contributed by atoms with Crippen LogP contribution in [-0.4, -0.2) is 28.0 Å². The molecule has 0 aliphatic rings. The summed E-state index contributed by atoms with van der Waals surface area (Å²) < 4.78 is 14.6. The van der Waals surface area contributed by atoms with Crippen molar-refractivity contribution in [3.05, 3.63) is 28.5 Å². The minimum absolute atomic E-state index is 0.0261. The smallest absolute Gasteiger partial charge is 0.206 e. The molecule has 0 fully saturated rings. The molecule has 7 heteroatoms. The van der Waals surface area contributed by atoms with Crippen LogP contribution >= 0.6 is 27.3 Å². The summed E-state index contributed by atoms with van der Waals surface area (Å²) in [6.45, 7) is 4.21. The maximum absolute atomic E-state index is 13.8. The van der Waals surface area contributed by atoms with Crippen molar-refractivity contribution < 1.29 is 9.50 Å². The maximum Gasteiger partial charge on any atom is 0.206 e. The molecular formula is C14H17BrFN3OS. The van der Waals surface area contributed by atoms with Gasteiger partial charge in [0, 0.05) is 10.0 Å². The third kappa shape index (κ3) is 4.46. The first kappa shape index (κ1) is 16.3. The number of rotatable bonds is 6. The van der Waals surface area contributed by atoms with Crippen LogP contribution in [-0.2, 0) is 0 Å². The minimum Gasteiger partial charge on any atom is -0.394 e. The van der Waals surface area contributed by atoms with Crippen LogP contribution in [0, 0.1) is 11.7 Å².